The standard InChI is InChI=1S/C14H12N4O.C9H12O2.C2H6/c1-10-7-14-16-13(15-9-19)8-12(18(14)17-10)11-5-3-2-4-6-11;1-7-2-4-8(5-3-7)9(11)6-10;1-2/h2-9H,1H3,(H,15,16,19);2-5,9-11H,6H2,1H3;1-2H3. The summed E-state index contributed by atoms with van der Waals surface area (Å²) in [6, 6.07) is 21.0. The Kier molecular flexibility index (Phi) is 9.53. The second-order valence-electron chi connectivity index (χ2n) is 6.82. The Morgan fingerprint density at radius 3 is 2.28 bits per heavy atom. The van der Waals surface area contributed by atoms with Gasteiger partial charge in [-0.2, -0.15) is 5.10 Å². The molecule has 0 aliphatic carbocycles. The molecule has 4 rings (SSSR count). The van der Waals surface area contributed by atoms with Crippen molar-refractivity contribution in [3.8, 4) is 11.3 Å². The molecule has 0 aliphatic rings. The first kappa shape index (κ1) is 24.7. The van der Waals surface area contributed by atoms with Crippen molar-refractivity contribution in [2.45, 2.75) is 33.8 Å². The minimum atomic E-state index is -0.740. The maximum Gasteiger partial charge on any atom is 0.212 e. The van der Waals surface area contributed by atoms with Crippen LogP contribution in [0.25, 0.3) is 16.9 Å². The Morgan fingerprint density at radius 1 is 1.03 bits per heavy atom. The summed E-state index contributed by atoms with van der Waals surface area (Å²) in [6.45, 7) is 7.68. The summed E-state index contributed by atoms with van der Waals surface area (Å²) in [7, 11) is 0. The number of fused-ring (bicyclic) bond motifs is 1. The van der Waals surface area contributed by atoms with E-state index in [4.69, 9.17) is 5.11 Å². The fourth-order valence-electron chi connectivity index (χ4n) is 2.93. The number of amides is 1. The number of nitrogens with one attached hydrogen (secondary N) is 1. The minimum Gasteiger partial charge on any atom is -0.393 e. The monoisotopic (exact) mass is 434 g/mol. The summed E-state index contributed by atoms with van der Waals surface area (Å²) in [5.41, 5.74) is 5.42. The normalized spacial score (nSPS) is 10.9. The number of aliphatic hydroxyl groups excluding tert-OH is 2. The third-order valence-electron chi connectivity index (χ3n) is 4.46. The summed E-state index contributed by atoms with van der Waals surface area (Å²) >= 11 is 0. The fourth-order valence-corrected chi connectivity index (χ4v) is 2.93. The zero-order chi connectivity index (χ0) is 23.5. The van der Waals surface area contributed by atoms with Crippen molar-refractivity contribution in [1.82, 2.24) is 14.6 Å². The molecule has 1 unspecified atom stereocenters. The van der Waals surface area contributed by atoms with Crippen LogP contribution in [0.5, 0.6) is 0 Å². The van der Waals surface area contributed by atoms with Crippen molar-refractivity contribution in [3.05, 3.63) is 83.6 Å². The Hall–Kier alpha value is -3.55. The van der Waals surface area contributed by atoms with Gasteiger partial charge in [0.15, 0.2) is 5.65 Å². The first-order valence-corrected chi connectivity index (χ1v) is 10.5. The molecule has 2 aromatic carbocycles. The van der Waals surface area contributed by atoms with Gasteiger partial charge in [0.2, 0.25) is 6.41 Å². The Balaban J connectivity index is 0.000000239. The number of carbonyl (C=O) groups is 1. The van der Waals surface area contributed by atoms with E-state index in [1.165, 1.54) is 0 Å². The van der Waals surface area contributed by atoms with E-state index in [1.807, 2.05) is 94.4 Å². The molecule has 0 fully saturated rings. The zero-order valence-electron chi connectivity index (χ0n) is 18.9. The number of carbonyl (C=O) groups excluding carboxylic acids is 1. The predicted octanol–water partition coefficient (Wildman–Crippen LogP) is 4.32. The summed E-state index contributed by atoms with van der Waals surface area (Å²) in [5.74, 6) is 0.515. The predicted molar refractivity (Wildman–Crippen MR) is 127 cm³/mol. The van der Waals surface area contributed by atoms with E-state index in [1.54, 1.807) is 4.52 Å². The van der Waals surface area contributed by atoms with Crippen LogP contribution in [0.4, 0.5) is 5.82 Å². The van der Waals surface area contributed by atoms with Crippen LogP contribution in [0.2, 0.25) is 0 Å². The summed E-state index contributed by atoms with van der Waals surface area (Å²) < 4.78 is 1.78. The highest BCUT2D eigenvalue weighted by Gasteiger charge is 2.09. The molecule has 168 valence electrons. The second kappa shape index (κ2) is 12.3. The van der Waals surface area contributed by atoms with E-state index < -0.39 is 6.10 Å². The number of aryl methyl sites for hydroxylation is 2. The molecule has 0 radical (unpaired) electrons. The van der Waals surface area contributed by atoms with Crippen molar-refractivity contribution in [3.63, 3.8) is 0 Å². The summed E-state index contributed by atoms with van der Waals surface area (Å²) in [5, 5.41) is 24.8. The van der Waals surface area contributed by atoms with Crippen molar-refractivity contribution in [1.29, 1.82) is 0 Å². The summed E-state index contributed by atoms with van der Waals surface area (Å²) in [4.78, 5) is 14.9. The lowest BCUT2D eigenvalue weighted by Gasteiger charge is -2.07. The molecule has 4 aromatic rings. The second-order valence-corrected chi connectivity index (χ2v) is 6.82. The van der Waals surface area contributed by atoms with Crippen LogP contribution >= 0.6 is 0 Å². The Labute approximate surface area is 188 Å². The van der Waals surface area contributed by atoms with Crippen molar-refractivity contribution in [2.24, 2.45) is 0 Å². The fraction of sp³-hybridized carbons (Fsp3) is 0.240. The van der Waals surface area contributed by atoms with Crippen LogP contribution in [0.15, 0.2) is 66.7 Å². The van der Waals surface area contributed by atoms with Crippen molar-refractivity contribution >= 4 is 17.9 Å². The van der Waals surface area contributed by atoms with Crippen LogP contribution in [-0.4, -0.2) is 37.8 Å². The van der Waals surface area contributed by atoms with Gasteiger partial charge in [-0.25, -0.2) is 9.50 Å². The van der Waals surface area contributed by atoms with Gasteiger partial charge in [0.1, 0.15) is 11.9 Å². The van der Waals surface area contributed by atoms with E-state index in [2.05, 4.69) is 15.4 Å². The quantitative estimate of drug-likeness (QED) is 0.406. The molecule has 32 heavy (non-hydrogen) atoms. The van der Waals surface area contributed by atoms with E-state index in [0.29, 0.717) is 17.9 Å². The molecule has 3 N–H and O–H groups in total. The maximum absolute atomic E-state index is 10.6. The van der Waals surface area contributed by atoms with Gasteiger partial charge >= 0.3 is 0 Å². The molecule has 1 atom stereocenters. The van der Waals surface area contributed by atoms with Crippen LogP contribution in [0.1, 0.15) is 36.8 Å². The average Bonchev–Trinajstić information content (AvgIpc) is 3.21. The molecule has 7 heteroatoms. The highest BCUT2D eigenvalue weighted by molar-refractivity contribution is 5.74. The third kappa shape index (κ3) is 6.47. The van der Waals surface area contributed by atoms with Gasteiger partial charge in [0, 0.05) is 17.7 Å². The highest BCUT2D eigenvalue weighted by Crippen LogP contribution is 2.23. The topological polar surface area (TPSA) is 99.8 Å². The van der Waals surface area contributed by atoms with Gasteiger partial charge in [0.05, 0.1) is 18.0 Å². The van der Waals surface area contributed by atoms with Gasteiger partial charge < -0.3 is 15.5 Å². The molecule has 0 bridgehead atoms. The molecule has 2 heterocycles. The van der Waals surface area contributed by atoms with Crippen LogP contribution < -0.4 is 5.32 Å². The number of hydrogen-bond donors (Lipinski definition) is 3. The SMILES string of the molecule is CC.Cc1cc2nc(NC=O)cc(-c3ccccc3)n2n1.Cc1ccc(C(O)CO)cc1. The number of hydrogen-bond acceptors (Lipinski definition) is 5. The number of anilines is 1. The molecule has 0 saturated carbocycles. The van der Waals surface area contributed by atoms with E-state index in [-0.39, 0.29) is 6.61 Å². The van der Waals surface area contributed by atoms with Gasteiger partial charge in [-0.15, -0.1) is 0 Å². The maximum atomic E-state index is 10.6. The van der Waals surface area contributed by atoms with Crippen molar-refractivity contribution < 1.29 is 15.0 Å². The minimum absolute atomic E-state index is 0.219. The first-order chi connectivity index (χ1) is 15.5. The van der Waals surface area contributed by atoms with Gasteiger partial charge in [-0.05, 0) is 19.4 Å². The third-order valence-corrected chi connectivity index (χ3v) is 4.46. The van der Waals surface area contributed by atoms with Crippen LogP contribution in [0.3, 0.4) is 0 Å². The lowest BCUT2D eigenvalue weighted by atomic mass is 10.1. The van der Waals surface area contributed by atoms with Crippen LogP contribution in [-0.2, 0) is 4.79 Å². The number of nitrogens with zero attached hydrogens (tertiary/aromatic N) is 3. The average molecular weight is 435 g/mol. The Morgan fingerprint density at radius 2 is 1.69 bits per heavy atom. The molecule has 0 aliphatic heterocycles. The number of rotatable bonds is 5. The van der Waals surface area contributed by atoms with E-state index in [0.717, 1.165) is 28.1 Å². The van der Waals surface area contributed by atoms with Gasteiger partial charge in [0.25, 0.3) is 0 Å². The van der Waals surface area contributed by atoms with E-state index >= 15 is 0 Å². The summed E-state index contributed by atoms with van der Waals surface area (Å²) in [6.07, 6.45) is -0.118. The highest BCUT2D eigenvalue weighted by atomic mass is 16.3. The molecular weight excluding hydrogens is 404 g/mol. The molecular formula is C25H30N4O3. The van der Waals surface area contributed by atoms with Crippen molar-refractivity contribution in [2.75, 3.05) is 11.9 Å². The van der Waals surface area contributed by atoms with E-state index in [9.17, 15) is 9.90 Å². The number of aromatic nitrogens is 3. The molecule has 7 nitrogen and oxygen atoms in total. The van der Waals surface area contributed by atoms with Gasteiger partial charge in [-0.1, -0.05) is 74.0 Å². The van der Waals surface area contributed by atoms with Crippen LogP contribution in [0, 0.1) is 13.8 Å². The lowest BCUT2D eigenvalue weighted by molar-refractivity contribution is -0.105. The van der Waals surface area contributed by atoms with Gasteiger partial charge in [-0.3, -0.25) is 4.79 Å². The number of aliphatic hydroxyl groups is 2. The largest absolute Gasteiger partial charge is 0.393 e. The first-order valence-electron chi connectivity index (χ1n) is 10.5. The smallest absolute Gasteiger partial charge is 0.212 e. The number of benzene rings is 2. The molecule has 0 saturated heterocycles. The zero-order valence-corrected chi connectivity index (χ0v) is 18.9. The molecule has 2 aromatic heterocycles. The molecule has 0 spiro atoms. The lowest BCUT2D eigenvalue weighted by Crippen LogP contribution is -2.02. The molecule has 1 amide bonds. The Bertz CT molecular complexity index is 1110.